The fraction of sp³-hybridized carbons (Fsp3) is 0.714. The van der Waals surface area contributed by atoms with Gasteiger partial charge in [0.1, 0.15) is 5.92 Å². The molecule has 0 amide bonds. The Morgan fingerprint density at radius 2 is 2.40 bits per heavy atom. The number of carboxylic acids is 1. The van der Waals surface area contributed by atoms with E-state index in [-0.39, 0.29) is 0 Å². The van der Waals surface area contributed by atoms with Gasteiger partial charge in [-0.3, -0.25) is 4.79 Å². The van der Waals surface area contributed by atoms with Gasteiger partial charge in [-0.05, 0) is 37.5 Å². The third-order valence-corrected chi connectivity index (χ3v) is 5.51. The van der Waals surface area contributed by atoms with Gasteiger partial charge in [-0.2, -0.15) is 0 Å². The van der Waals surface area contributed by atoms with Crippen molar-refractivity contribution in [2.24, 2.45) is 5.41 Å². The standard InChI is InChI=1S/C14H20N2O3S/c1-19-7-6-14(4-5-14)8-15-13-16-11-9(12(17)18)2-3-10(11)20-13/h9H,2-8H2,1H3,(H,15,16)(H,17,18). The van der Waals surface area contributed by atoms with Crippen LogP contribution in [0.5, 0.6) is 0 Å². The normalized spacial score (nSPS) is 22.6. The second kappa shape index (κ2) is 5.33. The summed E-state index contributed by atoms with van der Waals surface area (Å²) in [5, 5.41) is 13.4. The van der Waals surface area contributed by atoms with Crippen molar-refractivity contribution in [3.63, 3.8) is 0 Å². The maximum atomic E-state index is 11.1. The zero-order valence-corrected chi connectivity index (χ0v) is 12.5. The van der Waals surface area contributed by atoms with Crippen LogP contribution in [0.15, 0.2) is 0 Å². The van der Waals surface area contributed by atoms with Gasteiger partial charge in [-0.1, -0.05) is 0 Å². The first-order valence-corrected chi connectivity index (χ1v) is 7.90. The van der Waals surface area contributed by atoms with Gasteiger partial charge in [0, 0.05) is 25.1 Å². The maximum absolute atomic E-state index is 11.1. The molecule has 1 aromatic heterocycles. The summed E-state index contributed by atoms with van der Waals surface area (Å²) in [5.74, 6) is -1.15. The minimum absolute atomic E-state index is 0.373. The second-order valence-corrected chi connectivity index (χ2v) is 6.94. The summed E-state index contributed by atoms with van der Waals surface area (Å²) in [4.78, 5) is 16.8. The molecule has 5 nitrogen and oxygen atoms in total. The Kier molecular flexibility index (Phi) is 3.69. The van der Waals surface area contributed by atoms with Crippen LogP contribution in [0, 0.1) is 5.41 Å². The van der Waals surface area contributed by atoms with E-state index in [4.69, 9.17) is 9.84 Å². The van der Waals surface area contributed by atoms with E-state index >= 15 is 0 Å². The predicted molar refractivity (Wildman–Crippen MR) is 77.5 cm³/mol. The number of methoxy groups -OCH3 is 1. The quantitative estimate of drug-likeness (QED) is 0.809. The molecule has 2 aliphatic carbocycles. The molecule has 2 N–H and O–H groups in total. The summed E-state index contributed by atoms with van der Waals surface area (Å²) >= 11 is 1.62. The number of aliphatic carboxylic acids is 1. The summed E-state index contributed by atoms with van der Waals surface area (Å²) in [6, 6.07) is 0. The van der Waals surface area contributed by atoms with Crippen molar-refractivity contribution < 1.29 is 14.6 Å². The number of fused-ring (bicyclic) bond motifs is 1. The average Bonchev–Trinajstić information content (AvgIpc) is 2.89. The van der Waals surface area contributed by atoms with E-state index in [0.29, 0.717) is 11.8 Å². The zero-order valence-electron chi connectivity index (χ0n) is 11.6. The molecule has 0 aromatic carbocycles. The second-order valence-electron chi connectivity index (χ2n) is 5.85. The number of rotatable bonds is 7. The van der Waals surface area contributed by atoms with Gasteiger partial charge in [0.2, 0.25) is 0 Å². The van der Waals surface area contributed by atoms with Crippen LogP contribution in [-0.2, 0) is 16.0 Å². The molecular weight excluding hydrogens is 276 g/mol. The molecule has 20 heavy (non-hydrogen) atoms. The lowest BCUT2D eigenvalue weighted by molar-refractivity contribution is -0.138. The van der Waals surface area contributed by atoms with Crippen LogP contribution in [0.2, 0.25) is 0 Å². The van der Waals surface area contributed by atoms with Gasteiger partial charge < -0.3 is 15.2 Å². The first-order chi connectivity index (χ1) is 9.63. The van der Waals surface area contributed by atoms with E-state index in [9.17, 15) is 4.79 Å². The number of nitrogens with zero attached hydrogens (tertiary/aromatic N) is 1. The van der Waals surface area contributed by atoms with Crippen molar-refractivity contribution in [3.05, 3.63) is 10.6 Å². The number of carbonyl (C=O) groups is 1. The number of hydrogen-bond donors (Lipinski definition) is 2. The summed E-state index contributed by atoms with van der Waals surface area (Å²) in [6.45, 7) is 1.72. The molecule has 1 saturated carbocycles. The monoisotopic (exact) mass is 296 g/mol. The third-order valence-electron chi connectivity index (χ3n) is 4.42. The summed E-state index contributed by atoms with van der Waals surface area (Å²) in [6.07, 6.45) is 5.11. The Morgan fingerprint density at radius 3 is 3.05 bits per heavy atom. The molecule has 1 unspecified atom stereocenters. The summed E-state index contributed by atoms with van der Waals surface area (Å²) < 4.78 is 5.15. The third kappa shape index (κ3) is 2.67. The number of aryl methyl sites for hydroxylation is 1. The molecule has 0 bridgehead atoms. The molecular formula is C14H20N2O3S. The number of aromatic nitrogens is 1. The Balaban J connectivity index is 1.60. The molecule has 1 aromatic rings. The van der Waals surface area contributed by atoms with E-state index in [0.717, 1.165) is 41.7 Å². The lowest BCUT2D eigenvalue weighted by Crippen LogP contribution is -2.17. The van der Waals surface area contributed by atoms with E-state index in [2.05, 4.69) is 10.3 Å². The van der Waals surface area contributed by atoms with Crippen LogP contribution < -0.4 is 5.32 Å². The Labute approximate surface area is 122 Å². The Bertz CT molecular complexity index is 511. The van der Waals surface area contributed by atoms with Crippen molar-refractivity contribution >= 4 is 22.4 Å². The number of carboxylic acid groups (broad SMARTS) is 1. The largest absolute Gasteiger partial charge is 0.481 e. The molecule has 1 heterocycles. The number of hydrogen-bond acceptors (Lipinski definition) is 5. The van der Waals surface area contributed by atoms with Gasteiger partial charge in [-0.15, -0.1) is 11.3 Å². The summed E-state index contributed by atoms with van der Waals surface area (Å²) in [7, 11) is 1.74. The number of anilines is 1. The van der Waals surface area contributed by atoms with E-state index in [1.54, 1.807) is 18.4 Å². The zero-order chi connectivity index (χ0) is 14.2. The van der Waals surface area contributed by atoms with Crippen molar-refractivity contribution in [3.8, 4) is 0 Å². The van der Waals surface area contributed by atoms with E-state index < -0.39 is 11.9 Å². The van der Waals surface area contributed by atoms with Gasteiger partial charge in [0.25, 0.3) is 0 Å². The SMILES string of the molecule is COCCC1(CNc2nc3c(s2)CCC3C(=O)O)CC1. The molecule has 0 spiro atoms. The van der Waals surface area contributed by atoms with Crippen molar-refractivity contribution in [1.29, 1.82) is 0 Å². The van der Waals surface area contributed by atoms with Crippen molar-refractivity contribution in [2.75, 3.05) is 25.6 Å². The first kappa shape index (κ1) is 13.8. The van der Waals surface area contributed by atoms with Crippen LogP contribution in [0.3, 0.4) is 0 Å². The highest BCUT2D eigenvalue weighted by Gasteiger charge is 2.42. The minimum Gasteiger partial charge on any atom is -0.481 e. The molecule has 0 saturated heterocycles. The lowest BCUT2D eigenvalue weighted by Gasteiger charge is -2.14. The topological polar surface area (TPSA) is 71.5 Å². The summed E-state index contributed by atoms with van der Waals surface area (Å²) in [5.41, 5.74) is 1.16. The van der Waals surface area contributed by atoms with Crippen LogP contribution in [0.1, 0.15) is 42.2 Å². The molecule has 2 aliphatic rings. The molecule has 0 aliphatic heterocycles. The smallest absolute Gasteiger partial charge is 0.312 e. The Hall–Kier alpha value is -1.14. The molecule has 0 radical (unpaired) electrons. The minimum atomic E-state index is -0.751. The molecule has 6 heteroatoms. The van der Waals surface area contributed by atoms with E-state index in [1.165, 1.54) is 12.8 Å². The molecule has 1 atom stereocenters. The van der Waals surface area contributed by atoms with Crippen LogP contribution >= 0.6 is 11.3 Å². The van der Waals surface area contributed by atoms with Gasteiger partial charge >= 0.3 is 5.97 Å². The van der Waals surface area contributed by atoms with Crippen LogP contribution in [0.4, 0.5) is 5.13 Å². The molecule has 3 rings (SSSR count). The number of nitrogens with one attached hydrogen (secondary N) is 1. The van der Waals surface area contributed by atoms with Gasteiger partial charge in [0.05, 0.1) is 5.69 Å². The highest BCUT2D eigenvalue weighted by molar-refractivity contribution is 7.15. The molecule has 1 fully saturated rings. The van der Waals surface area contributed by atoms with Crippen molar-refractivity contribution in [1.82, 2.24) is 4.98 Å². The van der Waals surface area contributed by atoms with Gasteiger partial charge in [-0.25, -0.2) is 4.98 Å². The lowest BCUT2D eigenvalue weighted by atomic mass is 10.0. The molecule has 110 valence electrons. The average molecular weight is 296 g/mol. The maximum Gasteiger partial charge on any atom is 0.312 e. The number of thiazole rings is 1. The van der Waals surface area contributed by atoms with Crippen LogP contribution in [-0.4, -0.2) is 36.3 Å². The van der Waals surface area contributed by atoms with Crippen molar-refractivity contribution in [2.45, 2.75) is 38.0 Å². The van der Waals surface area contributed by atoms with Gasteiger partial charge in [0.15, 0.2) is 5.13 Å². The fourth-order valence-corrected chi connectivity index (χ4v) is 3.85. The van der Waals surface area contributed by atoms with Crippen LogP contribution in [0.25, 0.3) is 0 Å². The van der Waals surface area contributed by atoms with E-state index in [1.807, 2.05) is 0 Å². The highest BCUT2D eigenvalue weighted by atomic mass is 32.1. The first-order valence-electron chi connectivity index (χ1n) is 7.09. The highest BCUT2D eigenvalue weighted by Crippen LogP contribution is 2.49. The number of ether oxygens (including phenoxy) is 1. The Morgan fingerprint density at radius 1 is 1.60 bits per heavy atom. The predicted octanol–water partition coefficient (Wildman–Crippen LogP) is 2.49. The fourth-order valence-electron chi connectivity index (χ4n) is 2.82.